The molecule has 0 saturated carbocycles. The second-order valence-electron chi connectivity index (χ2n) is 7.71. The number of aryl methyl sites for hydroxylation is 1. The number of nitrogens with zero attached hydrogens (tertiary/aromatic N) is 3. The van der Waals surface area contributed by atoms with Crippen molar-refractivity contribution in [2.75, 3.05) is 37.6 Å². The van der Waals surface area contributed by atoms with Crippen LogP contribution in [-0.4, -0.2) is 48.5 Å². The summed E-state index contributed by atoms with van der Waals surface area (Å²) in [5.74, 6) is 0.844. The first kappa shape index (κ1) is 19.4. The molecule has 1 N–H and O–H groups in total. The molecule has 0 atom stereocenters. The van der Waals surface area contributed by atoms with Crippen LogP contribution in [-0.2, 0) is 6.54 Å². The number of aromatic nitrogens is 1. The highest BCUT2D eigenvalue weighted by atomic mass is 16.3. The summed E-state index contributed by atoms with van der Waals surface area (Å²) in [5.41, 5.74) is 4.38. The summed E-state index contributed by atoms with van der Waals surface area (Å²) < 4.78 is 5.51. The molecule has 1 aromatic heterocycles. The van der Waals surface area contributed by atoms with Gasteiger partial charge in [0, 0.05) is 38.4 Å². The summed E-state index contributed by atoms with van der Waals surface area (Å²) in [6, 6.07) is 6.49. The van der Waals surface area contributed by atoms with Gasteiger partial charge in [-0.2, -0.15) is 0 Å². The van der Waals surface area contributed by atoms with Crippen LogP contribution in [0.15, 0.2) is 28.9 Å². The number of oxazole rings is 1. The van der Waals surface area contributed by atoms with Gasteiger partial charge in [0.2, 0.25) is 5.89 Å². The van der Waals surface area contributed by atoms with Gasteiger partial charge in [-0.15, -0.1) is 0 Å². The highest BCUT2D eigenvalue weighted by Crippen LogP contribution is 2.24. The van der Waals surface area contributed by atoms with E-state index in [2.05, 4.69) is 66.0 Å². The van der Waals surface area contributed by atoms with Crippen LogP contribution < -0.4 is 10.2 Å². The first-order chi connectivity index (χ1) is 12.9. The van der Waals surface area contributed by atoms with Gasteiger partial charge in [0.25, 0.3) is 5.91 Å². The lowest BCUT2D eigenvalue weighted by molar-refractivity contribution is 0.0944. The smallest absolute Gasteiger partial charge is 0.273 e. The maximum Gasteiger partial charge on any atom is 0.273 e. The number of rotatable bonds is 6. The van der Waals surface area contributed by atoms with E-state index in [0.29, 0.717) is 30.6 Å². The monoisotopic (exact) mass is 370 g/mol. The molecule has 1 aliphatic rings. The molecular formula is C21H30N4O2. The predicted molar refractivity (Wildman–Crippen MR) is 107 cm³/mol. The molecule has 3 rings (SSSR count). The summed E-state index contributed by atoms with van der Waals surface area (Å²) in [6.07, 6.45) is 1.46. The van der Waals surface area contributed by atoms with Gasteiger partial charge >= 0.3 is 0 Å². The molecule has 27 heavy (non-hydrogen) atoms. The van der Waals surface area contributed by atoms with Crippen LogP contribution >= 0.6 is 0 Å². The molecule has 1 amide bonds. The Bertz CT molecular complexity index is 776. The number of carbonyl (C=O) groups is 1. The highest BCUT2D eigenvalue weighted by Gasteiger charge is 2.21. The molecule has 1 fully saturated rings. The topological polar surface area (TPSA) is 61.6 Å². The molecule has 0 radical (unpaired) electrons. The van der Waals surface area contributed by atoms with E-state index in [-0.39, 0.29) is 5.91 Å². The van der Waals surface area contributed by atoms with E-state index in [1.807, 2.05) is 0 Å². The van der Waals surface area contributed by atoms with Crippen molar-refractivity contribution in [1.29, 1.82) is 0 Å². The Morgan fingerprint density at radius 1 is 1.22 bits per heavy atom. The SMILES string of the molecule is Cc1cccc(N2CCN(Cc3nc(C(=O)NCC(C)C)co3)CC2)c1C. The van der Waals surface area contributed by atoms with Crippen LogP contribution in [0, 0.1) is 19.8 Å². The van der Waals surface area contributed by atoms with Crippen LogP contribution in [0.3, 0.4) is 0 Å². The van der Waals surface area contributed by atoms with Gasteiger partial charge in [0.1, 0.15) is 6.26 Å². The highest BCUT2D eigenvalue weighted by molar-refractivity contribution is 5.91. The molecule has 0 aliphatic carbocycles. The van der Waals surface area contributed by atoms with Gasteiger partial charge in [-0.25, -0.2) is 4.98 Å². The van der Waals surface area contributed by atoms with E-state index in [4.69, 9.17) is 4.42 Å². The maximum absolute atomic E-state index is 12.1. The molecule has 6 heteroatoms. The van der Waals surface area contributed by atoms with E-state index >= 15 is 0 Å². The normalized spacial score (nSPS) is 15.4. The Labute approximate surface area is 161 Å². The zero-order valence-electron chi connectivity index (χ0n) is 16.8. The summed E-state index contributed by atoms with van der Waals surface area (Å²) in [7, 11) is 0. The number of anilines is 1. The molecule has 0 spiro atoms. The molecule has 0 bridgehead atoms. The largest absolute Gasteiger partial charge is 0.447 e. The Hall–Kier alpha value is -2.34. The van der Waals surface area contributed by atoms with Crippen molar-refractivity contribution in [2.24, 2.45) is 5.92 Å². The fourth-order valence-electron chi connectivity index (χ4n) is 3.29. The van der Waals surface area contributed by atoms with E-state index in [9.17, 15) is 4.79 Å². The number of amides is 1. The Kier molecular flexibility index (Phi) is 6.16. The lowest BCUT2D eigenvalue weighted by atomic mass is 10.1. The number of hydrogen-bond acceptors (Lipinski definition) is 5. The van der Waals surface area contributed by atoms with E-state index in [1.54, 1.807) is 0 Å². The van der Waals surface area contributed by atoms with E-state index in [0.717, 1.165) is 26.2 Å². The van der Waals surface area contributed by atoms with E-state index < -0.39 is 0 Å². The fourth-order valence-corrected chi connectivity index (χ4v) is 3.29. The minimum Gasteiger partial charge on any atom is -0.447 e. The maximum atomic E-state index is 12.1. The molecule has 2 heterocycles. The predicted octanol–water partition coefficient (Wildman–Crippen LogP) is 3.00. The van der Waals surface area contributed by atoms with Crippen molar-refractivity contribution in [2.45, 2.75) is 34.2 Å². The third kappa shape index (κ3) is 4.89. The second-order valence-corrected chi connectivity index (χ2v) is 7.71. The summed E-state index contributed by atoms with van der Waals surface area (Å²) in [5, 5.41) is 2.87. The number of carbonyl (C=O) groups excluding carboxylic acids is 1. The van der Waals surface area contributed by atoms with Crippen molar-refractivity contribution in [3.8, 4) is 0 Å². The van der Waals surface area contributed by atoms with E-state index in [1.165, 1.54) is 23.1 Å². The van der Waals surface area contributed by atoms with Crippen LogP contribution in [0.2, 0.25) is 0 Å². The minimum absolute atomic E-state index is 0.168. The summed E-state index contributed by atoms with van der Waals surface area (Å²) >= 11 is 0. The number of piperazine rings is 1. The fraction of sp³-hybridized carbons (Fsp3) is 0.524. The zero-order chi connectivity index (χ0) is 19.4. The Morgan fingerprint density at radius 2 is 1.96 bits per heavy atom. The standard InChI is InChI=1S/C21H30N4O2/c1-15(2)12-22-21(26)18-14-27-20(23-18)13-24-8-10-25(11-9-24)19-7-5-6-16(3)17(19)4/h5-7,14-15H,8-13H2,1-4H3,(H,22,26). The van der Waals surface area contributed by atoms with Crippen molar-refractivity contribution < 1.29 is 9.21 Å². The van der Waals surface area contributed by atoms with Crippen LogP contribution in [0.5, 0.6) is 0 Å². The average Bonchev–Trinajstić information content (AvgIpc) is 3.11. The van der Waals surface area contributed by atoms with Crippen LogP contribution in [0.1, 0.15) is 41.4 Å². The molecule has 2 aromatic rings. The lowest BCUT2D eigenvalue weighted by Crippen LogP contribution is -2.46. The van der Waals surface area contributed by atoms with Crippen molar-refractivity contribution in [3.63, 3.8) is 0 Å². The van der Waals surface area contributed by atoms with Gasteiger partial charge in [-0.3, -0.25) is 9.69 Å². The Balaban J connectivity index is 1.52. The zero-order valence-corrected chi connectivity index (χ0v) is 16.8. The van der Waals surface area contributed by atoms with Gasteiger partial charge in [-0.1, -0.05) is 26.0 Å². The summed E-state index contributed by atoms with van der Waals surface area (Å²) in [6.45, 7) is 13.6. The number of benzene rings is 1. The molecule has 1 aromatic carbocycles. The lowest BCUT2D eigenvalue weighted by Gasteiger charge is -2.36. The molecule has 6 nitrogen and oxygen atoms in total. The molecule has 0 unspecified atom stereocenters. The van der Waals surface area contributed by atoms with Crippen molar-refractivity contribution in [3.05, 3.63) is 47.2 Å². The molecule has 1 saturated heterocycles. The quantitative estimate of drug-likeness (QED) is 0.847. The second kappa shape index (κ2) is 8.57. The molecular weight excluding hydrogens is 340 g/mol. The van der Waals surface area contributed by atoms with Crippen molar-refractivity contribution in [1.82, 2.24) is 15.2 Å². The first-order valence-electron chi connectivity index (χ1n) is 9.70. The van der Waals surface area contributed by atoms with Gasteiger partial charge in [0.15, 0.2) is 5.69 Å². The van der Waals surface area contributed by atoms with Crippen LogP contribution in [0.25, 0.3) is 0 Å². The van der Waals surface area contributed by atoms with Crippen molar-refractivity contribution >= 4 is 11.6 Å². The average molecular weight is 370 g/mol. The minimum atomic E-state index is -0.168. The van der Waals surface area contributed by atoms with Gasteiger partial charge in [0.05, 0.1) is 6.54 Å². The first-order valence-corrected chi connectivity index (χ1v) is 9.70. The van der Waals surface area contributed by atoms with Crippen LogP contribution in [0.4, 0.5) is 5.69 Å². The molecule has 146 valence electrons. The molecule has 1 aliphatic heterocycles. The van der Waals surface area contributed by atoms with Gasteiger partial charge < -0.3 is 14.6 Å². The third-order valence-electron chi connectivity index (χ3n) is 5.10. The Morgan fingerprint density at radius 3 is 2.67 bits per heavy atom. The summed E-state index contributed by atoms with van der Waals surface area (Å²) in [4.78, 5) is 21.2. The third-order valence-corrected chi connectivity index (χ3v) is 5.10. The number of nitrogens with one attached hydrogen (secondary N) is 1. The number of hydrogen-bond donors (Lipinski definition) is 1. The van der Waals surface area contributed by atoms with Gasteiger partial charge in [-0.05, 0) is 37.0 Å².